The largest absolute Gasteiger partial charge is 0.490 e. The maximum absolute atomic E-state index is 11.7. The zero-order valence-electron chi connectivity index (χ0n) is 11.0. The number of nitrogens with one attached hydrogen (secondary N) is 2. The molecule has 1 saturated heterocycles. The number of fused-ring (bicyclic) bond motifs is 1. The first-order valence-corrected chi connectivity index (χ1v) is 6.73. The lowest BCUT2D eigenvalue weighted by Gasteiger charge is -2.24. The number of aryl methyl sites for hydroxylation is 1. The van der Waals surface area contributed by atoms with Crippen LogP contribution < -0.4 is 15.6 Å². The summed E-state index contributed by atoms with van der Waals surface area (Å²) in [4.78, 5) is 14.4. The smallest absolute Gasteiger partial charge is 0.255 e. The quantitative estimate of drug-likeness (QED) is 0.866. The molecule has 19 heavy (non-hydrogen) atoms. The topological polar surface area (TPSA) is 54.1 Å². The van der Waals surface area contributed by atoms with Gasteiger partial charge in [-0.1, -0.05) is 0 Å². The summed E-state index contributed by atoms with van der Waals surface area (Å²) in [6.45, 7) is 4.01. The molecular formula is C15H18N2O2. The molecule has 1 aromatic carbocycles. The van der Waals surface area contributed by atoms with Crippen LogP contribution in [0, 0.1) is 6.92 Å². The van der Waals surface area contributed by atoms with Crippen molar-refractivity contribution in [1.82, 2.24) is 10.3 Å². The van der Waals surface area contributed by atoms with E-state index in [2.05, 4.69) is 10.3 Å². The predicted molar refractivity (Wildman–Crippen MR) is 75.8 cm³/mol. The SMILES string of the molecule is Cc1cc2c(=O)[nH]ccc2cc1OC1CCNCC1. The van der Waals surface area contributed by atoms with E-state index in [0.717, 1.165) is 48.0 Å². The predicted octanol–water partition coefficient (Wildman–Crippen LogP) is 1.97. The average molecular weight is 258 g/mol. The Labute approximate surface area is 111 Å². The van der Waals surface area contributed by atoms with Crippen LogP contribution in [0.1, 0.15) is 18.4 Å². The Morgan fingerprint density at radius 1 is 1.26 bits per heavy atom. The van der Waals surface area contributed by atoms with Gasteiger partial charge < -0.3 is 15.0 Å². The van der Waals surface area contributed by atoms with Crippen LogP contribution in [0.15, 0.2) is 29.2 Å². The maximum atomic E-state index is 11.7. The number of H-pyrrole nitrogens is 1. The van der Waals surface area contributed by atoms with Crippen LogP contribution in [-0.2, 0) is 0 Å². The molecule has 3 rings (SSSR count). The highest BCUT2D eigenvalue weighted by atomic mass is 16.5. The van der Waals surface area contributed by atoms with Gasteiger partial charge >= 0.3 is 0 Å². The number of aromatic nitrogens is 1. The van der Waals surface area contributed by atoms with E-state index in [1.54, 1.807) is 6.20 Å². The van der Waals surface area contributed by atoms with Gasteiger partial charge in [0.15, 0.2) is 0 Å². The zero-order chi connectivity index (χ0) is 13.2. The first kappa shape index (κ1) is 12.2. The number of hydrogen-bond donors (Lipinski definition) is 2. The molecule has 0 bridgehead atoms. The minimum Gasteiger partial charge on any atom is -0.490 e. The molecule has 0 atom stereocenters. The van der Waals surface area contributed by atoms with Crippen molar-refractivity contribution in [3.63, 3.8) is 0 Å². The average Bonchev–Trinajstić information content (AvgIpc) is 2.42. The molecule has 1 aliphatic rings. The molecule has 2 heterocycles. The molecule has 0 spiro atoms. The number of piperidine rings is 1. The van der Waals surface area contributed by atoms with Crippen molar-refractivity contribution in [1.29, 1.82) is 0 Å². The first-order valence-electron chi connectivity index (χ1n) is 6.73. The highest BCUT2D eigenvalue weighted by Crippen LogP contribution is 2.25. The molecule has 0 unspecified atom stereocenters. The van der Waals surface area contributed by atoms with Gasteiger partial charge in [0.05, 0.1) is 0 Å². The van der Waals surface area contributed by atoms with E-state index in [0.29, 0.717) is 0 Å². The number of benzene rings is 1. The Bertz CT molecular complexity index is 642. The van der Waals surface area contributed by atoms with Crippen molar-refractivity contribution in [2.45, 2.75) is 25.9 Å². The highest BCUT2D eigenvalue weighted by molar-refractivity contribution is 5.83. The van der Waals surface area contributed by atoms with Crippen molar-refractivity contribution < 1.29 is 4.74 Å². The van der Waals surface area contributed by atoms with E-state index >= 15 is 0 Å². The molecular weight excluding hydrogens is 240 g/mol. The van der Waals surface area contributed by atoms with Crippen molar-refractivity contribution in [2.75, 3.05) is 13.1 Å². The van der Waals surface area contributed by atoms with Crippen molar-refractivity contribution in [3.05, 3.63) is 40.3 Å². The summed E-state index contributed by atoms with van der Waals surface area (Å²) in [5.41, 5.74) is 0.969. The third-order valence-electron chi connectivity index (χ3n) is 3.65. The van der Waals surface area contributed by atoms with E-state index in [-0.39, 0.29) is 11.7 Å². The molecule has 0 amide bonds. The van der Waals surface area contributed by atoms with E-state index in [9.17, 15) is 4.79 Å². The first-order chi connectivity index (χ1) is 9.24. The zero-order valence-corrected chi connectivity index (χ0v) is 11.0. The Morgan fingerprint density at radius 2 is 2.05 bits per heavy atom. The normalized spacial score (nSPS) is 16.7. The molecule has 0 saturated carbocycles. The monoisotopic (exact) mass is 258 g/mol. The Kier molecular flexibility index (Phi) is 3.25. The molecule has 4 heteroatoms. The molecule has 0 aliphatic carbocycles. The van der Waals surface area contributed by atoms with Crippen molar-refractivity contribution in [3.8, 4) is 5.75 Å². The third-order valence-corrected chi connectivity index (χ3v) is 3.65. The van der Waals surface area contributed by atoms with Crippen LogP contribution in [0.3, 0.4) is 0 Å². The van der Waals surface area contributed by atoms with Gasteiger partial charge in [-0.3, -0.25) is 4.79 Å². The van der Waals surface area contributed by atoms with E-state index in [4.69, 9.17) is 4.74 Å². The number of ether oxygens (including phenoxy) is 1. The standard InChI is InChI=1S/C15H18N2O2/c1-10-8-13-11(2-7-17-15(13)18)9-14(10)19-12-3-5-16-6-4-12/h2,7-9,12,16H,3-6H2,1H3,(H,17,18). The van der Waals surface area contributed by atoms with Crippen LogP contribution in [0.4, 0.5) is 0 Å². The van der Waals surface area contributed by atoms with Gasteiger partial charge in [-0.2, -0.15) is 0 Å². The van der Waals surface area contributed by atoms with Crippen LogP contribution in [0.2, 0.25) is 0 Å². The van der Waals surface area contributed by atoms with Crippen molar-refractivity contribution in [2.24, 2.45) is 0 Å². The van der Waals surface area contributed by atoms with Gasteiger partial charge in [-0.15, -0.1) is 0 Å². The molecule has 100 valence electrons. The van der Waals surface area contributed by atoms with Crippen LogP contribution in [0.25, 0.3) is 10.8 Å². The maximum Gasteiger partial charge on any atom is 0.255 e. The third kappa shape index (κ3) is 2.49. The second-order valence-electron chi connectivity index (χ2n) is 5.08. The van der Waals surface area contributed by atoms with Gasteiger partial charge in [0, 0.05) is 11.6 Å². The minimum absolute atomic E-state index is 0.0472. The summed E-state index contributed by atoms with van der Waals surface area (Å²) in [6.07, 6.45) is 4.02. The number of rotatable bonds is 2. The van der Waals surface area contributed by atoms with Gasteiger partial charge in [0.2, 0.25) is 0 Å². The summed E-state index contributed by atoms with van der Waals surface area (Å²) in [7, 11) is 0. The Hall–Kier alpha value is -1.81. The number of hydrogen-bond acceptors (Lipinski definition) is 3. The molecule has 1 aliphatic heterocycles. The molecule has 0 radical (unpaired) electrons. The summed E-state index contributed by atoms with van der Waals surface area (Å²) in [5, 5.41) is 4.98. The molecule has 1 fully saturated rings. The highest BCUT2D eigenvalue weighted by Gasteiger charge is 2.16. The van der Waals surface area contributed by atoms with Gasteiger partial charge in [0.1, 0.15) is 11.9 Å². The molecule has 1 aromatic heterocycles. The fourth-order valence-corrected chi connectivity index (χ4v) is 2.54. The van der Waals surface area contributed by atoms with E-state index in [1.165, 1.54) is 0 Å². The fraction of sp³-hybridized carbons (Fsp3) is 0.400. The summed E-state index contributed by atoms with van der Waals surface area (Å²) < 4.78 is 6.08. The summed E-state index contributed by atoms with van der Waals surface area (Å²) >= 11 is 0. The van der Waals surface area contributed by atoms with E-state index < -0.39 is 0 Å². The molecule has 2 aromatic rings. The van der Waals surface area contributed by atoms with Gasteiger partial charge in [0.25, 0.3) is 5.56 Å². The lowest BCUT2D eigenvalue weighted by molar-refractivity contribution is 0.161. The fourth-order valence-electron chi connectivity index (χ4n) is 2.54. The second kappa shape index (κ2) is 5.05. The summed E-state index contributed by atoms with van der Waals surface area (Å²) in [5.74, 6) is 0.894. The van der Waals surface area contributed by atoms with Crippen LogP contribution >= 0.6 is 0 Å². The van der Waals surface area contributed by atoms with Gasteiger partial charge in [-0.25, -0.2) is 0 Å². The van der Waals surface area contributed by atoms with Crippen LogP contribution in [0.5, 0.6) is 5.75 Å². The number of pyridine rings is 1. The summed E-state index contributed by atoms with van der Waals surface area (Å²) in [6, 6.07) is 5.79. The number of aromatic amines is 1. The Morgan fingerprint density at radius 3 is 2.84 bits per heavy atom. The van der Waals surface area contributed by atoms with E-state index in [1.807, 2.05) is 25.1 Å². The Balaban J connectivity index is 1.95. The van der Waals surface area contributed by atoms with Gasteiger partial charge in [-0.05, 0) is 62.0 Å². The lowest BCUT2D eigenvalue weighted by Crippen LogP contribution is -2.34. The molecule has 4 nitrogen and oxygen atoms in total. The second-order valence-corrected chi connectivity index (χ2v) is 5.08. The van der Waals surface area contributed by atoms with Crippen LogP contribution in [-0.4, -0.2) is 24.2 Å². The molecule has 2 N–H and O–H groups in total. The lowest BCUT2D eigenvalue weighted by atomic mass is 10.1. The van der Waals surface area contributed by atoms with Crippen molar-refractivity contribution >= 4 is 10.8 Å². The minimum atomic E-state index is -0.0472.